The lowest BCUT2D eigenvalue weighted by atomic mass is 9.83. The van der Waals surface area contributed by atoms with Gasteiger partial charge in [0.1, 0.15) is 11.5 Å². The highest BCUT2D eigenvalue weighted by Crippen LogP contribution is 2.39. The van der Waals surface area contributed by atoms with E-state index in [0.717, 1.165) is 20.1 Å². The molecule has 0 unspecified atom stereocenters. The summed E-state index contributed by atoms with van der Waals surface area (Å²) in [7, 11) is -3.61. The fourth-order valence-corrected chi connectivity index (χ4v) is 3.53. The van der Waals surface area contributed by atoms with Crippen molar-refractivity contribution >= 4 is 39.2 Å². The van der Waals surface area contributed by atoms with Gasteiger partial charge in [0.15, 0.2) is 11.6 Å². The maximum atomic E-state index is 13.2. The van der Waals surface area contributed by atoms with Gasteiger partial charge in [-0.3, -0.25) is 23.9 Å². The van der Waals surface area contributed by atoms with Crippen molar-refractivity contribution in [3.05, 3.63) is 52.6 Å². The van der Waals surface area contributed by atoms with E-state index in [4.69, 9.17) is 9.47 Å². The summed E-state index contributed by atoms with van der Waals surface area (Å²) >= 11 is 0. The predicted molar refractivity (Wildman–Crippen MR) is 101 cm³/mol. The Labute approximate surface area is 165 Å². The molecule has 0 heterocycles. The van der Waals surface area contributed by atoms with Gasteiger partial charge in [-0.15, -0.1) is 0 Å². The molecule has 0 saturated heterocycles. The summed E-state index contributed by atoms with van der Waals surface area (Å²) in [6.07, 6.45) is 0.943. The Hall–Kier alpha value is -3.53. The first-order valence-electron chi connectivity index (χ1n) is 8.23. The summed E-state index contributed by atoms with van der Waals surface area (Å²) in [6, 6.07) is 6.34. The van der Waals surface area contributed by atoms with Crippen LogP contribution in [0.2, 0.25) is 0 Å². The van der Waals surface area contributed by atoms with Crippen molar-refractivity contribution in [3.8, 4) is 11.5 Å². The van der Waals surface area contributed by atoms with Crippen LogP contribution in [0, 0.1) is 0 Å². The Morgan fingerprint density at radius 3 is 1.76 bits per heavy atom. The lowest BCUT2D eigenvalue weighted by molar-refractivity contribution is -0.133. The maximum Gasteiger partial charge on any atom is 0.308 e. The van der Waals surface area contributed by atoms with Crippen molar-refractivity contribution in [1.29, 1.82) is 0 Å². The molecule has 1 aliphatic rings. The third-order valence-electron chi connectivity index (χ3n) is 3.90. The second-order valence-corrected chi connectivity index (χ2v) is 8.04. The van der Waals surface area contributed by atoms with Crippen LogP contribution in [0.25, 0.3) is 0 Å². The van der Waals surface area contributed by atoms with Crippen molar-refractivity contribution < 1.29 is 37.1 Å². The molecule has 2 aromatic carbocycles. The zero-order chi connectivity index (χ0) is 21.5. The molecule has 0 spiro atoms. The van der Waals surface area contributed by atoms with Gasteiger partial charge in [0, 0.05) is 30.7 Å². The van der Waals surface area contributed by atoms with E-state index in [1.54, 1.807) is 0 Å². The minimum atomic E-state index is -3.61. The number of hydrogen-bond donors (Lipinski definition) is 1. The highest BCUT2D eigenvalue weighted by atomic mass is 32.2. The summed E-state index contributed by atoms with van der Waals surface area (Å²) in [5.41, 5.74) is -0.450. The number of ketones is 2. The van der Waals surface area contributed by atoms with Crippen molar-refractivity contribution in [2.24, 2.45) is 0 Å². The Morgan fingerprint density at radius 2 is 1.31 bits per heavy atom. The monoisotopic (exact) mass is 417 g/mol. The van der Waals surface area contributed by atoms with E-state index in [2.05, 4.69) is 4.72 Å². The first kappa shape index (κ1) is 20.2. The van der Waals surface area contributed by atoms with E-state index in [-0.39, 0.29) is 39.4 Å². The summed E-state index contributed by atoms with van der Waals surface area (Å²) in [5.74, 6) is -3.06. The van der Waals surface area contributed by atoms with Crippen LogP contribution >= 0.6 is 0 Å². The summed E-state index contributed by atoms with van der Waals surface area (Å²) < 4.78 is 35.3. The molecule has 0 aromatic heterocycles. The number of fused-ring (bicyclic) bond motifs is 2. The number of carbonyl (C=O) groups excluding carboxylic acids is 4. The number of rotatable bonds is 4. The van der Waals surface area contributed by atoms with Crippen LogP contribution in [-0.2, 0) is 19.6 Å². The van der Waals surface area contributed by atoms with Gasteiger partial charge in [0.05, 0.1) is 17.4 Å². The number of carbonyl (C=O) groups is 4. The fraction of sp³-hybridized carbons (Fsp3) is 0.158. The second kappa shape index (κ2) is 7.13. The molecule has 0 aliphatic heterocycles. The minimum absolute atomic E-state index is 0.00470. The van der Waals surface area contributed by atoms with Gasteiger partial charge in [-0.1, -0.05) is 0 Å². The quantitative estimate of drug-likeness (QED) is 0.501. The minimum Gasteiger partial charge on any atom is -0.426 e. The van der Waals surface area contributed by atoms with Crippen LogP contribution in [0.3, 0.4) is 0 Å². The van der Waals surface area contributed by atoms with Crippen molar-refractivity contribution in [1.82, 2.24) is 0 Å². The number of nitrogens with one attached hydrogen (secondary N) is 1. The Morgan fingerprint density at radius 1 is 0.828 bits per heavy atom. The number of ether oxygens (including phenoxy) is 2. The van der Waals surface area contributed by atoms with Gasteiger partial charge in [-0.2, -0.15) is 0 Å². The largest absolute Gasteiger partial charge is 0.426 e. The Kier molecular flexibility index (Phi) is 4.97. The molecule has 0 amide bonds. The number of sulfonamides is 1. The molecule has 3 rings (SSSR count). The molecule has 0 saturated carbocycles. The van der Waals surface area contributed by atoms with Crippen LogP contribution in [0.4, 0.5) is 5.69 Å². The first-order valence-corrected chi connectivity index (χ1v) is 10.1. The lowest BCUT2D eigenvalue weighted by Gasteiger charge is -2.22. The first-order chi connectivity index (χ1) is 13.5. The molecule has 1 aliphatic carbocycles. The Balaban J connectivity index is 2.24. The smallest absolute Gasteiger partial charge is 0.308 e. The third kappa shape index (κ3) is 4.02. The number of benzene rings is 2. The molecule has 29 heavy (non-hydrogen) atoms. The Bertz CT molecular complexity index is 1200. The molecule has 0 fully saturated rings. The van der Waals surface area contributed by atoms with Crippen LogP contribution < -0.4 is 14.2 Å². The van der Waals surface area contributed by atoms with Gasteiger partial charge >= 0.3 is 11.9 Å². The maximum absolute atomic E-state index is 13.2. The molecular weight excluding hydrogens is 402 g/mol. The fourth-order valence-electron chi connectivity index (χ4n) is 2.97. The normalized spacial score (nSPS) is 12.7. The van der Waals surface area contributed by atoms with E-state index in [1.165, 1.54) is 30.3 Å². The summed E-state index contributed by atoms with van der Waals surface area (Å²) in [4.78, 5) is 49.0. The van der Waals surface area contributed by atoms with Crippen molar-refractivity contribution in [2.75, 3.05) is 11.0 Å². The molecule has 1 N–H and O–H groups in total. The van der Waals surface area contributed by atoms with E-state index < -0.39 is 33.5 Å². The van der Waals surface area contributed by atoms with Gasteiger partial charge in [0.25, 0.3) is 0 Å². The van der Waals surface area contributed by atoms with Crippen molar-refractivity contribution in [3.63, 3.8) is 0 Å². The molecule has 9 nitrogen and oxygen atoms in total. The molecular formula is C19H15NO8S. The molecule has 0 bridgehead atoms. The van der Waals surface area contributed by atoms with Gasteiger partial charge in [-0.05, 0) is 30.3 Å². The molecule has 150 valence electrons. The molecule has 10 heteroatoms. The highest BCUT2D eigenvalue weighted by molar-refractivity contribution is 7.92. The van der Waals surface area contributed by atoms with E-state index in [9.17, 15) is 27.6 Å². The van der Waals surface area contributed by atoms with E-state index >= 15 is 0 Å². The van der Waals surface area contributed by atoms with E-state index in [1.807, 2.05) is 0 Å². The standard InChI is InChI=1S/C19H15NO8S/c1-9(21)27-14-6-7-15(28-10(2)22)17-16(14)18(23)12-5-4-11(20-29(3,25)26)8-13(12)19(17)24/h4-8,20H,1-3H3. The zero-order valence-electron chi connectivity index (χ0n) is 15.6. The second-order valence-electron chi connectivity index (χ2n) is 6.29. The van der Waals surface area contributed by atoms with Crippen LogP contribution in [0.1, 0.15) is 45.7 Å². The van der Waals surface area contributed by atoms with E-state index in [0.29, 0.717) is 0 Å². The average molecular weight is 417 g/mol. The highest BCUT2D eigenvalue weighted by Gasteiger charge is 2.36. The average Bonchev–Trinajstić information content (AvgIpc) is 2.58. The van der Waals surface area contributed by atoms with Crippen LogP contribution in [0.15, 0.2) is 30.3 Å². The third-order valence-corrected chi connectivity index (χ3v) is 4.51. The number of hydrogen-bond acceptors (Lipinski definition) is 8. The SMILES string of the molecule is CC(=O)Oc1ccc(OC(C)=O)c2c1C(=O)c1ccc(NS(C)(=O)=O)cc1C2=O. The van der Waals surface area contributed by atoms with Gasteiger partial charge in [0.2, 0.25) is 10.0 Å². The summed E-state index contributed by atoms with van der Waals surface area (Å²) in [5, 5.41) is 0. The summed E-state index contributed by atoms with van der Waals surface area (Å²) in [6.45, 7) is 2.27. The molecule has 2 aromatic rings. The van der Waals surface area contributed by atoms with Crippen LogP contribution in [0.5, 0.6) is 11.5 Å². The van der Waals surface area contributed by atoms with Gasteiger partial charge < -0.3 is 9.47 Å². The number of esters is 2. The lowest BCUT2D eigenvalue weighted by Crippen LogP contribution is -2.24. The molecule has 0 radical (unpaired) electrons. The van der Waals surface area contributed by atoms with Crippen molar-refractivity contribution in [2.45, 2.75) is 13.8 Å². The molecule has 0 atom stereocenters. The van der Waals surface area contributed by atoms with Gasteiger partial charge in [-0.25, -0.2) is 8.42 Å². The predicted octanol–water partition coefficient (Wildman–Crippen LogP) is 1.68. The zero-order valence-corrected chi connectivity index (χ0v) is 16.4. The van der Waals surface area contributed by atoms with Crippen LogP contribution in [-0.4, -0.2) is 38.2 Å². The number of anilines is 1. The topological polar surface area (TPSA) is 133 Å².